The van der Waals surface area contributed by atoms with Gasteiger partial charge in [-0.3, -0.25) is 4.79 Å². The average molecular weight is 325 g/mol. The maximum atomic E-state index is 12.2. The van der Waals surface area contributed by atoms with Crippen molar-refractivity contribution in [3.63, 3.8) is 0 Å². The van der Waals surface area contributed by atoms with E-state index in [9.17, 15) is 4.79 Å². The van der Waals surface area contributed by atoms with Gasteiger partial charge >= 0.3 is 0 Å². The molecule has 0 radical (unpaired) electrons. The van der Waals surface area contributed by atoms with Gasteiger partial charge in [0.05, 0.1) is 0 Å². The quantitative estimate of drug-likeness (QED) is 0.682. The fourth-order valence-corrected chi connectivity index (χ4v) is 2.24. The lowest BCUT2D eigenvalue weighted by Gasteiger charge is -2.06. The van der Waals surface area contributed by atoms with Crippen LogP contribution in [-0.2, 0) is 6.42 Å². The van der Waals surface area contributed by atoms with Gasteiger partial charge in [0.25, 0.3) is 0 Å². The SMILES string of the molecule is Nc1ccc(Br)cc1C(=O)Cc1ccccc1Cl. The predicted molar refractivity (Wildman–Crippen MR) is 78.0 cm³/mol. The smallest absolute Gasteiger partial charge is 0.169 e. The molecule has 0 aliphatic carbocycles. The summed E-state index contributed by atoms with van der Waals surface area (Å²) in [5.41, 5.74) is 7.62. The van der Waals surface area contributed by atoms with Crippen molar-refractivity contribution < 1.29 is 4.79 Å². The number of halogens is 2. The Morgan fingerprint density at radius 3 is 2.67 bits per heavy atom. The molecule has 2 rings (SSSR count). The van der Waals surface area contributed by atoms with Gasteiger partial charge < -0.3 is 5.73 Å². The van der Waals surface area contributed by atoms with Crippen LogP contribution >= 0.6 is 27.5 Å². The second-order valence-corrected chi connectivity index (χ2v) is 5.25. The summed E-state index contributed by atoms with van der Waals surface area (Å²) in [5, 5.41) is 0.597. The van der Waals surface area contributed by atoms with Crippen LogP contribution in [0.15, 0.2) is 46.9 Å². The molecule has 0 fully saturated rings. The summed E-state index contributed by atoms with van der Waals surface area (Å²) < 4.78 is 0.833. The average Bonchev–Trinajstić information content (AvgIpc) is 2.35. The summed E-state index contributed by atoms with van der Waals surface area (Å²) in [4.78, 5) is 12.2. The third-order valence-corrected chi connectivity index (χ3v) is 3.49. The summed E-state index contributed by atoms with van der Waals surface area (Å²) >= 11 is 9.36. The molecule has 92 valence electrons. The minimum absolute atomic E-state index is 0.0399. The molecule has 0 aliphatic heterocycles. The van der Waals surface area contributed by atoms with Crippen molar-refractivity contribution in [1.29, 1.82) is 0 Å². The fraction of sp³-hybridized carbons (Fsp3) is 0.0714. The van der Waals surface area contributed by atoms with E-state index in [1.54, 1.807) is 18.2 Å². The zero-order valence-corrected chi connectivity index (χ0v) is 11.8. The highest BCUT2D eigenvalue weighted by molar-refractivity contribution is 9.10. The lowest BCUT2D eigenvalue weighted by Crippen LogP contribution is -2.07. The van der Waals surface area contributed by atoms with Crippen molar-refractivity contribution in [1.82, 2.24) is 0 Å². The summed E-state index contributed by atoms with van der Waals surface area (Å²) in [6.45, 7) is 0. The van der Waals surface area contributed by atoms with Crippen molar-refractivity contribution in [2.45, 2.75) is 6.42 Å². The molecule has 2 aromatic rings. The van der Waals surface area contributed by atoms with Crippen LogP contribution in [0.3, 0.4) is 0 Å². The van der Waals surface area contributed by atoms with Gasteiger partial charge in [0.15, 0.2) is 5.78 Å². The van der Waals surface area contributed by atoms with Crippen LogP contribution in [0.2, 0.25) is 5.02 Å². The number of hydrogen-bond donors (Lipinski definition) is 1. The molecule has 0 saturated carbocycles. The molecular formula is C14H11BrClNO. The molecule has 0 unspecified atom stereocenters. The Morgan fingerprint density at radius 1 is 1.22 bits per heavy atom. The van der Waals surface area contributed by atoms with E-state index in [1.165, 1.54) is 0 Å². The van der Waals surface area contributed by atoms with Crippen molar-refractivity contribution in [3.05, 3.63) is 63.1 Å². The number of carbonyl (C=O) groups is 1. The second-order valence-electron chi connectivity index (χ2n) is 3.92. The lowest BCUT2D eigenvalue weighted by atomic mass is 10.0. The van der Waals surface area contributed by atoms with Crippen molar-refractivity contribution >= 4 is 39.0 Å². The maximum absolute atomic E-state index is 12.2. The molecule has 0 aromatic heterocycles. The van der Waals surface area contributed by atoms with E-state index in [0.717, 1.165) is 10.0 Å². The van der Waals surface area contributed by atoms with E-state index in [-0.39, 0.29) is 12.2 Å². The lowest BCUT2D eigenvalue weighted by molar-refractivity contribution is 0.0994. The molecule has 0 aliphatic rings. The Morgan fingerprint density at radius 2 is 1.94 bits per heavy atom. The summed E-state index contributed by atoms with van der Waals surface area (Å²) in [6.07, 6.45) is 0.250. The van der Waals surface area contributed by atoms with E-state index in [4.69, 9.17) is 17.3 Å². The first kappa shape index (κ1) is 13.1. The second kappa shape index (κ2) is 5.55. The number of benzene rings is 2. The molecule has 2 N–H and O–H groups in total. The zero-order chi connectivity index (χ0) is 13.1. The molecule has 0 heterocycles. The first-order valence-corrected chi connectivity index (χ1v) is 6.56. The highest BCUT2D eigenvalue weighted by Crippen LogP contribution is 2.22. The van der Waals surface area contributed by atoms with Crippen molar-refractivity contribution in [2.24, 2.45) is 0 Å². The number of rotatable bonds is 3. The molecule has 0 saturated heterocycles. The third-order valence-electron chi connectivity index (χ3n) is 2.62. The monoisotopic (exact) mass is 323 g/mol. The Kier molecular flexibility index (Phi) is 4.04. The van der Waals surface area contributed by atoms with E-state index >= 15 is 0 Å². The highest BCUT2D eigenvalue weighted by Gasteiger charge is 2.12. The summed E-state index contributed by atoms with van der Waals surface area (Å²) in [5.74, 6) is -0.0399. The van der Waals surface area contributed by atoms with Gasteiger partial charge in [-0.15, -0.1) is 0 Å². The molecule has 4 heteroatoms. The molecular weight excluding hydrogens is 314 g/mol. The number of nitrogen functional groups attached to an aromatic ring is 1. The molecule has 2 aromatic carbocycles. The topological polar surface area (TPSA) is 43.1 Å². The van der Waals surface area contributed by atoms with Gasteiger partial charge in [-0.25, -0.2) is 0 Å². The standard InChI is InChI=1S/C14H11BrClNO/c15-10-5-6-13(17)11(8-10)14(18)7-9-3-1-2-4-12(9)16/h1-6,8H,7,17H2. The van der Waals surface area contributed by atoms with Gasteiger partial charge in [0.2, 0.25) is 0 Å². The number of ketones is 1. The molecule has 18 heavy (non-hydrogen) atoms. The Bertz CT molecular complexity index is 598. The van der Waals surface area contributed by atoms with Crippen molar-refractivity contribution in [3.8, 4) is 0 Å². The van der Waals surface area contributed by atoms with E-state index in [0.29, 0.717) is 16.3 Å². The number of carbonyl (C=O) groups excluding carboxylic acids is 1. The normalized spacial score (nSPS) is 10.3. The highest BCUT2D eigenvalue weighted by atomic mass is 79.9. The van der Waals surface area contributed by atoms with E-state index in [1.807, 2.05) is 24.3 Å². The minimum atomic E-state index is -0.0399. The number of anilines is 1. The van der Waals surface area contributed by atoms with Gasteiger partial charge in [-0.2, -0.15) is 0 Å². The number of hydrogen-bond acceptors (Lipinski definition) is 2. The Labute approximate surface area is 119 Å². The molecule has 0 atom stereocenters. The van der Waals surface area contributed by atoms with Crippen LogP contribution in [0, 0.1) is 0 Å². The van der Waals surface area contributed by atoms with Crippen LogP contribution in [0.5, 0.6) is 0 Å². The van der Waals surface area contributed by atoms with E-state index < -0.39 is 0 Å². The summed E-state index contributed by atoms with van der Waals surface area (Å²) in [6, 6.07) is 12.6. The van der Waals surface area contributed by atoms with Crippen LogP contribution in [0.4, 0.5) is 5.69 Å². The molecule has 0 bridgehead atoms. The minimum Gasteiger partial charge on any atom is -0.398 e. The maximum Gasteiger partial charge on any atom is 0.169 e. The zero-order valence-electron chi connectivity index (χ0n) is 9.49. The van der Waals surface area contributed by atoms with Crippen LogP contribution in [0.1, 0.15) is 15.9 Å². The number of Topliss-reactive ketones (excluding diaryl/α,β-unsaturated/α-hetero) is 1. The predicted octanol–water partition coefficient (Wildman–Crippen LogP) is 4.11. The van der Waals surface area contributed by atoms with Gasteiger partial charge in [-0.1, -0.05) is 45.7 Å². The largest absolute Gasteiger partial charge is 0.398 e. The Hall–Kier alpha value is -1.32. The van der Waals surface area contributed by atoms with E-state index in [2.05, 4.69) is 15.9 Å². The number of nitrogens with two attached hydrogens (primary N) is 1. The summed E-state index contributed by atoms with van der Waals surface area (Å²) in [7, 11) is 0. The third kappa shape index (κ3) is 2.92. The van der Waals surface area contributed by atoms with Gasteiger partial charge in [-0.05, 0) is 29.8 Å². The van der Waals surface area contributed by atoms with Gasteiger partial charge in [0, 0.05) is 27.2 Å². The van der Waals surface area contributed by atoms with Crippen LogP contribution in [0.25, 0.3) is 0 Å². The molecule has 0 spiro atoms. The molecule has 2 nitrogen and oxygen atoms in total. The fourth-order valence-electron chi connectivity index (χ4n) is 1.68. The molecule has 0 amide bonds. The van der Waals surface area contributed by atoms with Crippen molar-refractivity contribution in [2.75, 3.05) is 5.73 Å². The Balaban J connectivity index is 2.28. The van der Waals surface area contributed by atoms with Crippen LogP contribution in [-0.4, -0.2) is 5.78 Å². The first-order valence-electron chi connectivity index (χ1n) is 5.39. The van der Waals surface area contributed by atoms with Gasteiger partial charge in [0.1, 0.15) is 0 Å². The first-order chi connectivity index (χ1) is 8.58. The van der Waals surface area contributed by atoms with Crippen LogP contribution < -0.4 is 5.73 Å².